The fourth-order valence-corrected chi connectivity index (χ4v) is 4.35. The Morgan fingerprint density at radius 1 is 1.20 bits per heavy atom. The van der Waals surface area contributed by atoms with E-state index in [1.807, 2.05) is 20.2 Å². The number of aryl methyl sites for hydroxylation is 2. The Morgan fingerprint density at radius 2 is 1.75 bits per heavy atom. The standard InChI is InChI=1S/C15H20Br2N2O/c1-5-9(2)6-11(16)10-7-13-14(8-12(10)17)19(4)15(20)18(13)3/h7-9,11H,5-6H2,1-4H3. The first kappa shape index (κ1) is 15.8. The molecule has 2 unspecified atom stereocenters. The highest BCUT2D eigenvalue weighted by molar-refractivity contribution is 9.11. The van der Waals surface area contributed by atoms with Crippen molar-refractivity contribution in [1.82, 2.24) is 9.13 Å². The van der Waals surface area contributed by atoms with Gasteiger partial charge in [0.05, 0.1) is 11.0 Å². The second-order valence-corrected chi connectivity index (χ2v) is 7.44. The summed E-state index contributed by atoms with van der Waals surface area (Å²) in [6.07, 6.45) is 2.26. The lowest BCUT2D eigenvalue weighted by molar-refractivity contribution is 0.514. The zero-order valence-electron chi connectivity index (χ0n) is 12.3. The van der Waals surface area contributed by atoms with Crippen LogP contribution in [0.4, 0.5) is 0 Å². The van der Waals surface area contributed by atoms with Crippen LogP contribution in [0, 0.1) is 5.92 Å². The highest BCUT2D eigenvalue weighted by Gasteiger charge is 2.17. The maximum absolute atomic E-state index is 12.0. The van der Waals surface area contributed by atoms with Crippen molar-refractivity contribution < 1.29 is 0 Å². The zero-order chi connectivity index (χ0) is 15.0. The Hall–Kier alpha value is -0.550. The van der Waals surface area contributed by atoms with Crippen molar-refractivity contribution in [2.24, 2.45) is 20.0 Å². The molecule has 0 saturated carbocycles. The third-order valence-electron chi connectivity index (χ3n) is 4.03. The van der Waals surface area contributed by atoms with Gasteiger partial charge in [-0.1, -0.05) is 52.1 Å². The van der Waals surface area contributed by atoms with Crippen LogP contribution in [0.1, 0.15) is 37.1 Å². The molecule has 0 N–H and O–H groups in total. The summed E-state index contributed by atoms with van der Waals surface area (Å²) in [5, 5.41) is 0. The predicted molar refractivity (Wildman–Crippen MR) is 91.6 cm³/mol. The van der Waals surface area contributed by atoms with Gasteiger partial charge in [0.15, 0.2) is 0 Å². The monoisotopic (exact) mass is 402 g/mol. The Morgan fingerprint density at radius 3 is 2.30 bits per heavy atom. The van der Waals surface area contributed by atoms with Crippen LogP contribution in [0.3, 0.4) is 0 Å². The number of nitrogens with zero attached hydrogens (tertiary/aromatic N) is 2. The molecule has 1 aromatic carbocycles. The molecule has 1 heterocycles. The number of aromatic nitrogens is 2. The van der Waals surface area contributed by atoms with E-state index < -0.39 is 0 Å². The summed E-state index contributed by atoms with van der Waals surface area (Å²) >= 11 is 7.43. The molecule has 0 fully saturated rings. The van der Waals surface area contributed by atoms with Crippen molar-refractivity contribution in [3.05, 3.63) is 32.7 Å². The second kappa shape index (κ2) is 6.06. The van der Waals surface area contributed by atoms with E-state index in [1.165, 1.54) is 12.0 Å². The van der Waals surface area contributed by atoms with Crippen LogP contribution in [0.15, 0.2) is 21.4 Å². The van der Waals surface area contributed by atoms with Crippen LogP contribution in [0.25, 0.3) is 11.0 Å². The fourth-order valence-electron chi connectivity index (χ4n) is 2.42. The van der Waals surface area contributed by atoms with Gasteiger partial charge in [-0.05, 0) is 30.0 Å². The number of hydrogen-bond acceptors (Lipinski definition) is 1. The average Bonchev–Trinajstić information content (AvgIpc) is 2.62. The summed E-state index contributed by atoms with van der Waals surface area (Å²) in [4.78, 5) is 12.3. The number of rotatable bonds is 4. The number of imidazole rings is 1. The summed E-state index contributed by atoms with van der Waals surface area (Å²) in [5.74, 6) is 0.668. The van der Waals surface area contributed by atoms with Gasteiger partial charge < -0.3 is 0 Å². The first-order valence-corrected chi connectivity index (χ1v) is 8.56. The van der Waals surface area contributed by atoms with Gasteiger partial charge in [-0.15, -0.1) is 0 Å². The molecule has 110 valence electrons. The van der Waals surface area contributed by atoms with Crippen molar-refractivity contribution in [3.63, 3.8) is 0 Å². The van der Waals surface area contributed by atoms with Crippen LogP contribution in [-0.4, -0.2) is 9.13 Å². The summed E-state index contributed by atoms with van der Waals surface area (Å²) < 4.78 is 4.44. The van der Waals surface area contributed by atoms with Crippen LogP contribution in [0.2, 0.25) is 0 Å². The van der Waals surface area contributed by atoms with Crippen molar-refractivity contribution >= 4 is 42.9 Å². The maximum atomic E-state index is 12.0. The quantitative estimate of drug-likeness (QED) is 0.689. The molecule has 3 nitrogen and oxygen atoms in total. The smallest absolute Gasteiger partial charge is 0.295 e. The molecule has 0 radical (unpaired) electrons. The average molecular weight is 404 g/mol. The van der Waals surface area contributed by atoms with Crippen LogP contribution in [0.5, 0.6) is 0 Å². The highest BCUT2D eigenvalue weighted by atomic mass is 79.9. The molecule has 0 aliphatic heterocycles. The summed E-state index contributed by atoms with van der Waals surface area (Å²) in [6, 6.07) is 4.15. The molecule has 2 aromatic rings. The topological polar surface area (TPSA) is 26.9 Å². The molecule has 20 heavy (non-hydrogen) atoms. The van der Waals surface area contributed by atoms with Crippen molar-refractivity contribution in [2.75, 3.05) is 0 Å². The lowest BCUT2D eigenvalue weighted by Crippen LogP contribution is -2.19. The molecular weight excluding hydrogens is 384 g/mol. The molecule has 0 saturated heterocycles. The molecule has 1 aromatic heterocycles. The third kappa shape index (κ3) is 2.75. The molecule has 5 heteroatoms. The van der Waals surface area contributed by atoms with Crippen LogP contribution < -0.4 is 5.69 Å². The summed E-state index contributed by atoms with van der Waals surface area (Å²) in [7, 11) is 3.63. The van der Waals surface area contributed by atoms with Gasteiger partial charge in [-0.2, -0.15) is 0 Å². The van der Waals surface area contributed by atoms with Crippen molar-refractivity contribution in [1.29, 1.82) is 0 Å². The van der Waals surface area contributed by atoms with Gasteiger partial charge in [-0.3, -0.25) is 9.13 Å². The highest BCUT2D eigenvalue weighted by Crippen LogP contribution is 2.37. The first-order chi connectivity index (χ1) is 9.36. The molecule has 0 spiro atoms. The van der Waals surface area contributed by atoms with Crippen molar-refractivity contribution in [2.45, 2.75) is 31.5 Å². The normalized spacial score (nSPS) is 14.7. The predicted octanol–water partition coefficient (Wildman–Crippen LogP) is 4.51. The minimum atomic E-state index is 0.0112. The van der Waals surface area contributed by atoms with E-state index in [-0.39, 0.29) is 5.69 Å². The van der Waals surface area contributed by atoms with E-state index in [1.54, 1.807) is 9.13 Å². The number of halogens is 2. The fraction of sp³-hybridized carbons (Fsp3) is 0.533. The minimum Gasteiger partial charge on any atom is -0.295 e. The summed E-state index contributed by atoms with van der Waals surface area (Å²) in [5.41, 5.74) is 3.15. The molecular formula is C15H20Br2N2O. The van der Waals surface area contributed by atoms with Gasteiger partial charge in [0.1, 0.15) is 0 Å². The van der Waals surface area contributed by atoms with Gasteiger partial charge in [0.25, 0.3) is 0 Å². The molecule has 2 rings (SSSR count). The van der Waals surface area contributed by atoms with E-state index in [0.717, 1.165) is 21.9 Å². The largest absolute Gasteiger partial charge is 0.328 e. The van der Waals surface area contributed by atoms with E-state index in [2.05, 4.69) is 51.8 Å². The number of alkyl halides is 1. The third-order valence-corrected chi connectivity index (χ3v) is 5.59. The number of benzene rings is 1. The van der Waals surface area contributed by atoms with E-state index >= 15 is 0 Å². The lowest BCUT2D eigenvalue weighted by Gasteiger charge is -2.16. The second-order valence-electron chi connectivity index (χ2n) is 5.48. The van der Waals surface area contributed by atoms with Gasteiger partial charge in [0.2, 0.25) is 0 Å². The summed E-state index contributed by atoms with van der Waals surface area (Å²) in [6.45, 7) is 4.47. The lowest BCUT2D eigenvalue weighted by atomic mass is 9.98. The maximum Gasteiger partial charge on any atom is 0.328 e. The molecule has 0 aliphatic rings. The minimum absolute atomic E-state index is 0.0112. The van der Waals surface area contributed by atoms with Gasteiger partial charge >= 0.3 is 5.69 Å². The molecule has 0 aliphatic carbocycles. The van der Waals surface area contributed by atoms with Gasteiger partial charge in [-0.25, -0.2) is 4.79 Å². The molecule has 0 amide bonds. The van der Waals surface area contributed by atoms with E-state index in [0.29, 0.717) is 10.7 Å². The number of hydrogen-bond donors (Lipinski definition) is 0. The Kier molecular flexibility index (Phi) is 4.80. The first-order valence-electron chi connectivity index (χ1n) is 6.85. The van der Waals surface area contributed by atoms with Crippen LogP contribution >= 0.6 is 31.9 Å². The Bertz CT molecular complexity index is 687. The SMILES string of the molecule is CCC(C)CC(Br)c1cc2c(cc1Br)n(C)c(=O)n2C. The van der Waals surface area contributed by atoms with Crippen molar-refractivity contribution in [3.8, 4) is 0 Å². The Balaban J connectivity index is 2.53. The van der Waals surface area contributed by atoms with E-state index in [4.69, 9.17) is 0 Å². The Labute approximate surface area is 136 Å². The van der Waals surface area contributed by atoms with Crippen LogP contribution in [-0.2, 0) is 14.1 Å². The molecule has 0 bridgehead atoms. The molecule has 2 atom stereocenters. The number of fused-ring (bicyclic) bond motifs is 1. The van der Waals surface area contributed by atoms with E-state index in [9.17, 15) is 4.79 Å². The van der Waals surface area contributed by atoms with Gasteiger partial charge in [0, 0.05) is 23.4 Å². The zero-order valence-corrected chi connectivity index (χ0v) is 15.5.